The van der Waals surface area contributed by atoms with E-state index in [1.54, 1.807) is 17.1 Å². The summed E-state index contributed by atoms with van der Waals surface area (Å²) in [5.41, 5.74) is 2.97. The first-order valence-corrected chi connectivity index (χ1v) is 13.9. The molecule has 0 radical (unpaired) electrons. The van der Waals surface area contributed by atoms with E-state index in [-0.39, 0.29) is 35.6 Å². The maximum absolute atomic E-state index is 12.9. The van der Waals surface area contributed by atoms with Gasteiger partial charge in [-0.1, -0.05) is 26.8 Å². The predicted molar refractivity (Wildman–Crippen MR) is 131 cm³/mol. The fourth-order valence-corrected chi connectivity index (χ4v) is 3.96. The largest absolute Gasteiger partial charge is 0.409 e. The van der Waals surface area contributed by atoms with Gasteiger partial charge in [-0.05, 0) is 54.4 Å². The van der Waals surface area contributed by atoms with Crippen molar-refractivity contribution < 1.29 is 18.0 Å². The summed E-state index contributed by atoms with van der Waals surface area (Å²) in [6.45, 7) is 12.8. The number of anilines is 2. The molecule has 0 atom stereocenters. The Labute approximate surface area is 199 Å². The molecule has 0 fully saturated rings. The van der Waals surface area contributed by atoms with Crippen LogP contribution in [-0.4, -0.2) is 40.5 Å². The molecule has 0 amide bonds. The summed E-state index contributed by atoms with van der Waals surface area (Å²) in [4.78, 5) is 20.3. The highest BCUT2D eigenvalue weighted by molar-refractivity contribution is 6.74. The van der Waals surface area contributed by atoms with E-state index in [0.29, 0.717) is 5.69 Å². The number of carbonyl (C=O) groups is 1. The van der Waals surface area contributed by atoms with Gasteiger partial charge in [0, 0.05) is 23.6 Å². The number of hydrogen-bond acceptors (Lipinski definition) is 6. The standard InChI is InChI=1S/C24H31F2N5O2Si/c1-16-9-17(11-19(10-16)29-23-27-8-7-21(30-23)22(25)26)18-12-28-31(13-18)14-20(32)15-33-34(5,6)24(2,3)4/h7-13,22H,14-15H2,1-6H3,(H,27,29,30). The number of alkyl halides is 2. The van der Waals surface area contributed by atoms with E-state index < -0.39 is 14.7 Å². The molecule has 2 aromatic heterocycles. The fourth-order valence-electron chi connectivity index (χ4n) is 3.01. The first-order chi connectivity index (χ1) is 15.8. The topological polar surface area (TPSA) is 81.9 Å². The molecule has 182 valence electrons. The summed E-state index contributed by atoms with van der Waals surface area (Å²) in [5, 5.41) is 7.34. The molecule has 0 saturated carbocycles. The Morgan fingerprint density at radius 3 is 2.62 bits per heavy atom. The maximum atomic E-state index is 12.9. The highest BCUT2D eigenvalue weighted by atomic mass is 28.4. The van der Waals surface area contributed by atoms with Crippen molar-refractivity contribution in [3.8, 4) is 11.1 Å². The van der Waals surface area contributed by atoms with E-state index in [1.165, 1.54) is 12.3 Å². The van der Waals surface area contributed by atoms with Gasteiger partial charge in [-0.3, -0.25) is 9.48 Å². The molecule has 7 nitrogen and oxygen atoms in total. The van der Waals surface area contributed by atoms with Gasteiger partial charge in [-0.25, -0.2) is 18.7 Å². The van der Waals surface area contributed by atoms with Crippen molar-refractivity contribution >= 4 is 25.7 Å². The highest BCUT2D eigenvalue weighted by Gasteiger charge is 2.37. The quantitative estimate of drug-likeness (QED) is 0.377. The number of benzene rings is 1. The van der Waals surface area contributed by atoms with Crippen LogP contribution >= 0.6 is 0 Å². The zero-order valence-electron chi connectivity index (χ0n) is 20.4. The van der Waals surface area contributed by atoms with Crippen LogP contribution in [0.15, 0.2) is 42.9 Å². The summed E-state index contributed by atoms with van der Waals surface area (Å²) in [7, 11) is -2.00. The van der Waals surface area contributed by atoms with Crippen molar-refractivity contribution in [3.63, 3.8) is 0 Å². The molecule has 0 aliphatic carbocycles. The molecule has 3 rings (SSSR count). The van der Waals surface area contributed by atoms with E-state index >= 15 is 0 Å². The van der Waals surface area contributed by atoms with E-state index in [0.717, 1.165) is 16.7 Å². The number of hydrogen-bond donors (Lipinski definition) is 1. The third-order valence-corrected chi connectivity index (χ3v) is 10.4. The van der Waals surface area contributed by atoms with Crippen LogP contribution in [0.1, 0.15) is 38.5 Å². The molecule has 1 aromatic carbocycles. The Morgan fingerprint density at radius 1 is 1.21 bits per heavy atom. The molecule has 2 heterocycles. The lowest BCUT2D eigenvalue weighted by molar-refractivity contribution is -0.122. The van der Waals surface area contributed by atoms with Crippen LogP contribution in [0.3, 0.4) is 0 Å². The lowest BCUT2D eigenvalue weighted by Crippen LogP contribution is -2.42. The fraction of sp³-hybridized carbons (Fsp3) is 0.417. The molecule has 0 saturated heterocycles. The van der Waals surface area contributed by atoms with Crippen LogP contribution in [0.4, 0.5) is 20.4 Å². The molecule has 0 spiro atoms. The van der Waals surface area contributed by atoms with E-state index in [9.17, 15) is 13.6 Å². The Bertz CT molecular complexity index is 1160. The number of Topliss-reactive ketones (excluding diaryl/α,β-unsaturated/α-hetero) is 1. The van der Waals surface area contributed by atoms with Crippen molar-refractivity contribution in [1.29, 1.82) is 0 Å². The summed E-state index contributed by atoms with van der Waals surface area (Å²) >= 11 is 0. The normalized spacial score (nSPS) is 12.3. The first-order valence-electron chi connectivity index (χ1n) is 11.0. The second-order valence-electron chi connectivity index (χ2n) is 9.83. The predicted octanol–water partition coefficient (Wildman–Crippen LogP) is 5.92. The minimum atomic E-state index is -2.67. The minimum Gasteiger partial charge on any atom is -0.409 e. The van der Waals surface area contributed by atoms with E-state index in [2.05, 4.69) is 54.2 Å². The summed E-state index contributed by atoms with van der Waals surface area (Å²) in [6.07, 6.45) is 2.12. The summed E-state index contributed by atoms with van der Waals surface area (Å²) in [5.74, 6) is 0.0551. The number of carbonyl (C=O) groups excluding carboxylic acids is 1. The van der Waals surface area contributed by atoms with E-state index in [4.69, 9.17) is 4.43 Å². The molecule has 0 bridgehead atoms. The number of nitrogens with one attached hydrogen (secondary N) is 1. The van der Waals surface area contributed by atoms with Gasteiger partial charge in [-0.2, -0.15) is 5.10 Å². The highest BCUT2D eigenvalue weighted by Crippen LogP contribution is 2.36. The number of ketones is 1. The smallest absolute Gasteiger partial charge is 0.280 e. The second-order valence-corrected chi connectivity index (χ2v) is 14.6. The van der Waals surface area contributed by atoms with Crippen LogP contribution in [0.5, 0.6) is 0 Å². The monoisotopic (exact) mass is 487 g/mol. The molecule has 1 N–H and O–H groups in total. The van der Waals surface area contributed by atoms with Crippen LogP contribution in [0.2, 0.25) is 18.1 Å². The third kappa shape index (κ3) is 6.54. The van der Waals surface area contributed by atoms with Gasteiger partial charge < -0.3 is 9.74 Å². The summed E-state index contributed by atoms with van der Waals surface area (Å²) < 4.78 is 33.5. The second kappa shape index (κ2) is 10.1. The van der Waals surface area contributed by atoms with Crippen molar-refractivity contribution in [2.24, 2.45) is 0 Å². The third-order valence-electron chi connectivity index (χ3n) is 5.94. The minimum absolute atomic E-state index is 0.0366. The van der Waals surface area contributed by atoms with E-state index in [1.807, 2.05) is 25.1 Å². The molecule has 10 heteroatoms. The average molecular weight is 488 g/mol. The Morgan fingerprint density at radius 2 is 1.94 bits per heavy atom. The molecule has 0 aliphatic heterocycles. The average Bonchev–Trinajstić information content (AvgIpc) is 3.20. The van der Waals surface area contributed by atoms with Crippen molar-refractivity contribution in [3.05, 3.63) is 54.1 Å². The number of nitrogens with zero attached hydrogens (tertiary/aromatic N) is 4. The van der Waals surface area contributed by atoms with Crippen LogP contribution in [-0.2, 0) is 15.8 Å². The lowest BCUT2D eigenvalue weighted by Gasteiger charge is -2.35. The Kier molecular flexibility index (Phi) is 7.62. The zero-order chi connectivity index (χ0) is 25.1. The Hall–Kier alpha value is -2.98. The van der Waals surface area contributed by atoms with Gasteiger partial charge in [-0.15, -0.1) is 0 Å². The van der Waals surface area contributed by atoms with Crippen LogP contribution < -0.4 is 5.32 Å². The lowest BCUT2D eigenvalue weighted by atomic mass is 10.1. The zero-order valence-corrected chi connectivity index (χ0v) is 21.4. The van der Waals surface area contributed by atoms with Crippen molar-refractivity contribution in [2.75, 3.05) is 11.9 Å². The van der Waals surface area contributed by atoms with Crippen LogP contribution in [0.25, 0.3) is 11.1 Å². The first kappa shape index (κ1) is 25.6. The number of rotatable bonds is 9. The molecule has 34 heavy (non-hydrogen) atoms. The number of halogens is 2. The van der Waals surface area contributed by atoms with Gasteiger partial charge in [0.15, 0.2) is 14.1 Å². The number of aryl methyl sites for hydroxylation is 1. The van der Waals surface area contributed by atoms with Gasteiger partial charge in [0.05, 0.1) is 12.8 Å². The Balaban J connectivity index is 1.70. The molecule has 3 aromatic rings. The van der Waals surface area contributed by atoms with Crippen molar-refractivity contribution in [2.45, 2.75) is 58.8 Å². The number of aromatic nitrogens is 4. The SMILES string of the molecule is Cc1cc(Nc2nccc(C(F)F)n2)cc(-c2cnn(CC(=O)CO[Si](C)(C)C(C)(C)C)c2)c1. The molecule has 0 aliphatic rings. The van der Waals surface area contributed by atoms with Gasteiger partial charge >= 0.3 is 0 Å². The summed E-state index contributed by atoms with van der Waals surface area (Å²) in [6, 6.07) is 6.89. The molecular weight excluding hydrogens is 456 g/mol. The maximum Gasteiger partial charge on any atom is 0.280 e. The van der Waals surface area contributed by atoms with Crippen molar-refractivity contribution in [1.82, 2.24) is 19.7 Å². The molecule has 0 unspecified atom stereocenters. The van der Waals surface area contributed by atoms with Gasteiger partial charge in [0.1, 0.15) is 12.2 Å². The van der Waals surface area contributed by atoms with Gasteiger partial charge in [0.2, 0.25) is 5.95 Å². The molecular formula is C24H31F2N5O2Si. The van der Waals surface area contributed by atoms with Gasteiger partial charge in [0.25, 0.3) is 6.43 Å². The van der Waals surface area contributed by atoms with Crippen LogP contribution in [0, 0.1) is 6.92 Å².